The molecule has 3 nitrogen and oxygen atoms in total. The van der Waals surface area contributed by atoms with Crippen molar-refractivity contribution in [3.05, 3.63) is 34.3 Å². The van der Waals surface area contributed by atoms with Crippen LogP contribution in [-0.4, -0.2) is 27.3 Å². The van der Waals surface area contributed by atoms with Gasteiger partial charge in [0.25, 0.3) is 5.97 Å². The van der Waals surface area contributed by atoms with E-state index < -0.39 is 5.97 Å². The molecule has 0 aliphatic carbocycles. The Balaban J connectivity index is 2.88. The van der Waals surface area contributed by atoms with E-state index in [4.69, 9.17) is 14.2 Å². The average molecular weight is 275 g/mol. The lowest BCUT2D eigenvalue weighted by Gasteiger charge is -2.29. The molecular weight excluding hydrogens is 260 g/mol. The van der Waals surface area contributed by atoms with E-state index in [2.05, 4.69) is 15.9 Å². The summed E-state index contributed by atoms with van der Waals surface area (Å²) in [6.45, 7) is 0. The molecule has 0 fully saturated rings. The molecule has 0 aliphatic rings. The highest BCUT2D eigenvalue weighted by atomic mass is 79.9. The molecule has 0 heterocycles. The van der Waals surface area contributed by atoms with Crippen molar-refractivity contribution < 1.29 is 14.2 Å². The van der Waals surface area contributed by atoms with E-state index >= 15 is 0 Å². The predicted octanol–water partition coefficient (Wildman–Crippen LogP) is 2.58. The Hall–Kier alpha value is -0.420. The summed E-state index contributed by atoms with van der Waals surface area (Å²) in [5.41, 5.74) is 1.07. The van der Waals surface area contributed by atoms with Gasteiger partial charge >= 0.3 is 0 Å². The van der Waals surface area contributed by atoms with E-state index in [0.29, 0.717) is 6.42 Å². The van der Waals surface area contributed by atoms with Crippen molar-refractivity contribution in [3.63, 3.8) is 0 Å². The highest BCUT2D eigenvalue weighted by molar-refractivity contribution is 9.10. The van der Waals surface area contributed by atoms with E-state index in [-0.39, 0.29) is 0 Å². The van der Waals surface area contributed by atoms with Gasteiger partial charge < -0.3 is 14.2 Å². The van der Waals surface area contributed by atoms with Crippen molar-refractivity contribution in [1.29, 1.82) is 0 Å². The van der Waals surface area contributed by atoms with Crippen LogP contribution in [0.1, 0.15) is 5.56 Å². The Morgan fingerprint density at radius 3 is 2.07 bits per heavy atom. The molecule has 0 N–H and O–H groups in total. The van der Waals surface area contributed by atoms with Crippen LogP contribution in [0, 0.1) is 0 Å². The smallest absolute Gasteiger partial charge is 0.286 e. The minimum absolute atomic E-state index is 0.526. The summed E-state index contributed by atoms with van der Waals surface area (Å²) < 4.78 is 16.7. The second-order valence-corrected chi connectivity index (χ2v) is 3.92. The molecule has 0 spiro atoms. The zero-order valence-electron chi connectivity index (χ0n) is 9.12. The first-order valence-electron chi connectivity index (χ1n) is 4.56. The first-order valence-corrected chi connectivity index (χ1v) is 5.35. The fourth-order valence-electron chi connectivity index (χ4n) is 1.34. The maximum atomic E-state index is 5.23. The van der Waals surface area contributed by atoms with Crippen LogP contribution in [0.4, 0.5) is 0 Å². The predicted molar refractivity (Wildman–Crippen MR) is 61.6 cm³/mol. The number of hydrogen-bond acceptors (Lipinski definition) is 3. The Morgan fingerprint density at radius 2 is 1.60 bits per heavy atom. The Bertz CT molecular complexity index is 302. The fourth-order valence-corrected chi connectivity index (χ4v) is 1.77. The highest BCUT2D eigenvalue weighted by Gasteiger charge is 2.30. The number of rotatable bonds is 5. The summed E-state index contributed by atoms with van der Waals surface area (Å²) in [5, 5.41) is 0. The van der Waals surface area contributed by atoms with Crippen molar-refractivity contribution in [2.75, 3.05) is 21.3 Å². The van der Waals surface area contributed by atoms with Gasteiger partial charge in [0.2, 0.25) is 0 Å². The Kier molecular flexibility index (Phi) is 4.73. The topological polar surface area (TPSA) is 27.7 Å². The van der Waals surface area contributed by atoms with Crippen molar-refractivity contribution in [2.45, 2.75) is 12.4 Å². The third kappa shape index (κ3) is 3.01. The minimum Gasteiger partial charge on any atom is -0.331 e. The number of hydrogen-bond donors (Lipinski definition) is 0. The summed E-state index contributed by atoms with van der Waals surface area (Å²) >= 11 is 3.47. The number of ether oxygens (including phenoxy) is 3. The molecule has 0 radical (unpaired) electrons. The molecule has 1 aromatic rings. The van der Waals surface area contributed by atoms with Crippen molar-refractivity contribution in [2.24, 2.45) is 0 Å². The second kappa shape index (κ2) is 5.61. The van der Waals surface area contributed by atoms with Gasteiger partial charge in [-0.3, -0.25) is 0 Å². The molecule has 1 rings (SSSR count). The molecule has 0 amide bonds. The first kappa shape index (κ1) is 12.6. The third-order valence-electron chi connectivity index (χ3n) is 2.30. The van der Waals surface area contributed by atoms with Gasteiger partial charge in [0, 0.05) is 25.8 Å². The Morgan fingerprint density at radius 1 is 1.07 bits per heavy atom. The maximum Gasteiger partial charge on any atom is 0.286 e. The largest absolute Gasteiger partial charge is 0.331 e. The van der Waals surface area contributed by atoms with Crippen LogP contribution in [0.25, 0.3) is 0 Å². The normalized spacial score (nSPS) is 11.7. The molecule has 84 valence electrons. The molecule has 0 atom stereocenters. The zero-order valence-corrected chi connectivity index (χ0v) is 10.7. The molecule has 0 aromatic heterocycles. The van der Waals surface area contributed by atoms with Crippen molar-refractivity contribution in [3.8, 4) is 0 Å². The van der Waals surface area contributed by atoms with Crippen LogP contribution in [0.3, 0.4) is 0 Å². The standard InChI is InChI=1S/C11H15BrO3/c1-13-11(14-2,15-3)8-9-6-4-5-7-10(9)12/h4-7H,8H2,1-3H3. The molecule has 0 bridgehead atoms. The number of methoxy groups -OCH3 is 3. The summed E-state index contributed by atoms with van der Waals surface area (Å²) in [6, 6.07) is 7.89. The van der Waals surface area contributed by atoms with E-state index in [9.17, 15) is 0 Å². The monoisotopic (exact) mass is 274 g/mol. The first-order chi connectivity index (χ1) is 7.17. The van der Waals surface area contributed by atoms with Crippen LogP contribution >= 0.6 is 15.9 Å². The summed E-state index contributed by atoms with van der Waals surface area (Å²) in [5.74, 6) is -1.01. The molecule has 0 aliphatic heterocycles. The maximum absolute atomic E-state index is 5.23. The van der Waals surface area contributed by atoms with Gasteiger partial charge in [-0.15, -0.1) is 0 Å². The van der Waals surface area contributed by atoms with E-state index in [1.54, 1.807) is 21.3 Å². The van der Waals surface area contributed by atoms with E-state index in [1.165, 1.54) is 0 Å². The van der Waals surface area contributed by atoms with Gasteiger partial charge in [0.1, 0.15) is 0 Å². The summed E-state index contributed by atoms with van der Waals surface area (Å²) in [6.07, 6.45) is 0.526. The average Bonchev–Trinajstić information content (AvgIpc) is 2.29. The minimum atomic E-state index is -1.01. The number of benzene rings is 1. The lowest BCUT2D eigenvalue weighted by Crippen LogP contribution is -2.38. The Labute approximate surface area is 98.5 Å². The molecule has 15 heavy (non-hydrogen) atoms. The van der Waals surface area contributed by atoms with Crippen LogP contribution < -0.4 is 0 Å². The van der Waals surface area contributed by atoms with Gasteiger partial charge in [-0.1, -0.05) is 34.1 Å². The van der Waals surface area contributed by atoms with Crippen LogP contribution in [-0.2, 0) is 20.6 Å². The van der Waals surface area contributed by atoms with Crippen LogP contribution in [0.15, 0.2) is 28.7 Å². The highest BCUT2D eigenvalue weighted by Crippen LogP contribution is 2.24. The fraction of sp³-hybridized carbons (Fsp3) is 0.455. The SMILES string of the molecule is COC(Cc1ccccc1Br)(OC)OC. The number of halogens is 1. The van der Waals surface area contributed by atoms with Crippen LogP contribution in [0.5, 0.6) is 0 Å². The van der Waals surface area contributed by atoms with E-state index in [0.717, 1.165) is 10.0 Å². The van der Waals surface area contributed by atoms with Crippen LogP contribution in [0.2, 0.25) is 0 Å². The molecule has 0 unspecified atom stereocenters. The summed E-state index contributed by atoms with van der Waals surface area (Å²) in [7, 11) is 4.68. The quantitative estimate of drug-likeness (QED) is 0.773. The molecular formula is C11H15BrO3. The second-order valence-electron chi connectivity index (χ2n) is 3.06. The van der Waals surface area contributed by atoms with Gasteiger partial charge in [0.15, 0.2) is 0 Å². The van der Waals surface area contributed by atoms with Gasteiger partial charge in [-0.05, 0) is 11.6 Å². The molecule has 0 saturated carbocycles. The lowest BCUT2D eigenvalue weighted by atomic mass is 10.1. The molecule has 0 saturated heterocycles. The van der Waals surface area contributed by atoms with Crippen molar-refractivity contribution >= 4 is 15.9 Å². The van der Waals surface area contributed by atoms with Gasteiger partial charge in [0.05, 0.1) is 6.42 Å². The van der Waals surface area contributed by atoms with Gasteiger partial charge in [-0.2, -0.15) is 0 Å². The molecule has 4 heteroatoms. The molecule has 1 aromatic carbocycles. The third-order valence-corrected chi connectivity index (χ3v) is 3.07. The summed E-state index contributed by atoms with van der Waals surface area (Å²) in [4.78, 5) is 0. The lowest BCUT2D eigenvalue weighted by molar-refractivity contribution is -0.351. The van der Waals surface area contributed by atoms with E-state index in [1.807, 2.05) is 24.3 Å². The zero-order chi connectivity index (χ0) is 11.3. The van der Waals surface area contributed by atoms with Crippen molar-refractivity contribution in [1.82, 2.24) is 0 Å². The van der Waals surface area contributed by atoms with Gasteiger partial charge in [-0.25, -0.2) is 0 Å².